The van der Waals surface area contributed by atoms with Crippen molar-refractivity contribution >= 4 is 27.6 Å². The zero-order valence-corrected chi connectivity index (χ0v) is 19.3. The van der Waals surface area contributed by atoms with Crippen molar-refractivity contribution in [3.05, 3.63) is 77.7 Å². The molecule has 0 fully saturated rings. The van der Waals surface area contributed by atoms with Crippen LogP contribution in [0.2, 0.25) is 0 Å². The number of amides is 2. The molecule has 0 aliphatic rings. The molecule has 0 saturated carbocycles. The van der Waals surface area contributed by atoms with E-state index in [4.69, 9.17) is 0 Å². The Morgan fingerprint density at radius 3 is 2.09 bits per heavy atom. The van der Waals surface area contributed by atoms with Gasteiger partial charge in [-0.3, -0.25) is 9.59 Å². The number of aliphatic carboxylic acids is 1. The number of sulfone groups is 1. The van der Waals surface area contributed by atoms with E-state index in [-0.39, 0.29) is 17.2 Å². The lowest BCUT2D eigenvalue weighted by molar-refractivity contribution is -0.142. The van der Waals surface area contributed by atoms with Crippen LogP contribution in [0.3, 0.4) is 0 Å². The summed E-state index contributed by atoms with van der Waals surface area (Å²) in [4.78, 5) is 37.0. The lowest BCUT2D eigenvalue weighted by Gasteiger charge is -2.25. The first-order valence-electron chi connectivity index (χ1n) is 10.5. The predicted molar refractivity (Wildman–Crippen MR) is 124 cm³/mol. The smallest absolute Gasteiger partial charge is 0.326 e. The molecule has 33 heavy (non-hydrogen) atoms. The Hall–Kier alpha value is -3.46. The lowest BCUT2D eigenvalue weighted by atomic mass is 9.97. The summed E-state index contributed by atoms with van der Waals surface area (Å²) in [6, 6.07) is 14.3. The molecule has 0 spiro atoms. The second kappa shape index (κ2) is 12.0. The summed E-state index contributed by atoms with van der Waals surface area (Å²) in [7, 11) is -3.82. The number of carboxylic acid groups (broad SMARTS) is 1. The van der Waals surface area contributed by atoms with Gasteiger partial charge in [-0.15, -0.1) is 0 Å². The third-order valence-corrected chi connectivity index (χ3v) is 6.58. The Morgan fingerprint density at radius 1 is 0.970 bits per heavy atom. The minimum Gasteiger partial charge on any atom is -0.480 e. The number of hydrogen-bond donors (Lipinski definition) is 3. The molecule has 0 aromatic heterocycles. The molecule has 2 aromatic carbocycles. The molecule has 2 rings (SSSR count). The summed E-state index contributed by atoms with van der Waals surface area (Å²) in [5.41, 5.74) is 0.739. The van der Waals surface area contributed by atoms with Gasteiger partial charge in [0.1, 0.15) is 12.1 Å². The fourth-order valence-corrected chi connectivity index (χ4v) is 4.05. The van der Waals surface area contributed by atoms with Crippen LogP contribution in [-0.2, 0) is 30.6 Å². The molecular weight excluding hydrogens is 444 g/mol. The van der Waals surface area contributed by atoms with Gasteiger partial charge in [-0.2, -0.15) is 0 Å². The fourth-order valence-electron chi connectivity index (χ4n) is 3.05. The van der Waals surface area contributed by atoms with Gasteiger partial charge in [0.15, 0.2) is 9.84 Å². The van der Waals surface area contributed by atoms with E-state index in [0.29, 0.717) is 6.42 Å². The average molecular weight is 473 g/mol. The third-order valence-electron chi connectivity index (χ3n) is 5.16. The highest BCUT2D eigenvalue weighted by atomic mass is 32.2. The van der Waals surface area contributed by atoms with Crippen LogP contribution in [0.4, 0.5) is 0 Å². The highest BCUT2D eigenvalue weighted by Gasteiger charge is 2.29. The third kappa shape index (κ3) is 7.87. The summed E-state index contributed by atoms with van der Waals surface area (Å²) in [5, 5.41) is 15.3. The SMILES string of the molecule is CC[C@H](C)C(NC(=O)C=CS(=O)(=O)c1ccccc1)C(=O)N[C@@H](Cc1ccccc1)C(=O)O. The van der Waals surface area contributed by atoms with Crippen LogP contribution in [0.5, 0.6) is 0 Å². The molecule has 3 atom stereocenters. The second-order valence-electron chi connectivity index (χ2n) is 7.62. The molecule has 9 heteroatoms. The minimum absolute atomic E-state index is 0.0375. The molecule has 0 aliphatic heterocycles. The van der Waals surface area contributed by atoms with Gasteiger partial charge in [0, 0.05) is 17.9 Å². The van der Waals surface area contributed by atoms with Crippen molar-refractivity contribution < 1.29 is 27.9 Å². The number of hydrogen-bond acceptors (Lipinski definition) is 5. The summed E-state index contributed by atoms with van der Waals surface area (Å²) < 4.78 is 24.7. The molecule has 1 unspecified atom stereocenters. The quantitative estimate of drug-likeness (QED) is 0.431. The predicted octanol–water partition coefficient (Wildman–Crippen LogP) is 2.32. The Kier molecular flexibility index (Phi) is 9.35. The Balaban J connectivity index is 2.11. The van der Waals surface area contributed by atoms with E-state index in [1.807, 2.05) is 6.92 Å². The molecule has 3 N–H and O–H groups in total. The molecule has 176 valence electrons. The largest absolute Gasteiger partial charge is 0.480 e. The fraction of sp³-hybridized carbons (Fsp3) is 0.292. The Morgan fingerprint density at radius 2 is 1.55 bits per heavy atom. The van der Waals surface area contributed by atoms with Crippen molar-refractivity contribution in [1.82, 2.24) is 10.6 Å². The van der Waals surface area contributed by atoms with Crippen LogP contribution in [0.25, 0.3) is 0 Å². The number of rotatable bonds is 11. The van der Waals surface area contributed by atoms with Crippen molar-refractivity contribution in [2.24, 2.45) is 5.92 Å². The molecular formula is C24H28N2O6S. The zero-order chi connectivity index (χ0) is 24.4. The molecule has 8 nitrogen and oxygen atoms in total. The van der Waals surface area contributed by atoms with Crippen LogP contribution in [-0.4, -0.2) is 43.4 Å². The van der Waals surface area contributed by atoms with Crippen molar-refractivity contribution in [1.29, 1.82) is 0 Å². The standard InChI is InChI=1S/C24H28N2O6S/c1-3-17(2)22(23(28)25-20(24(29)30)16-18-10-6-4-7-11-18)26-21(27)14-15-33(31,32)19-12-8-5-9-13-19/h4-15,17,20,22H,3,16H2,1-2H3,(H,25,28)(H,26,27)(H,29,30)/t17-,20-,22?/m0/s1. The first kappa shape index (κ1) is 25.8. The number of carbonyl (C=O) groups excluding carboxylic acids is 2. The van der Waals surface area contributed by atoms with E-state index < -0.39 is 39.7 Å². The van der Waals surface area contributed by atoms with E-state index in [1.54, 1.807) is 55.5 Å². The van der Waals surface area contributed by atoms with Crippen molar-refractivity contribution in [2.45, 2.75) is 43.7 Å². The van der Waals surface area contributed by atoms with Gasteiger partial charge in [0.25, 0.3) is 0 Å². The maximum Gasteiger partial charge on any atom is 0.326 e. The van der Waals surface area contributed by atoms with E-state index in [2.05, 4.69) is 10.6 Å². The first-order valence-corrected chi connectivity index (χ1v) is 12.0. The van der Waals surface area contributed by atoms with Crippen molar-refractivity contribution in [3.63, 3.8) is 0 Å². The molecule has 0 bridgehead atoms. The number of benzene rings is 2. The van der Waals surface area contributed by atoms with Crippen LogP contribution in [0.1, 0.15) is 25.8 Å². The van der Waals surface area contributed by atoms with Gasteiger partial charge in [0.2, 0.25) is 11.8 Å². The van der Waals surface area contributed by atoms with Crippen LogP contribution < -0.4 is 10.6 Å². The van der Waals surface area contributed by atoms with E-state index >= 15 is 0 Å². The molecule has 2 amide bonds. The van der Waals surface area contributed by atoms with Crippen molar-refractivity contribution in [2.75, 3.05) is 0 Å². The topological polar surface area (TPSA) is 130 Å². The summed E-state index contributed by atoms with van der Waals surface area (Å²) in [5.74, 6) is -2.94. The van der Waals surface area contributed by atoms with Gasteiger partial charge in [-0.25, -0.2) is 13.2 Å². The molecule has 2 aromatic rings. The number of carboxylic acids is 1. The van der Waals surface area contributed by atoms with Gasteiger partial charge < -0.3 is 15.7 Å². The van der Waals surface area contributed by atoms with Crippen molar-refractivity contribution in [3.8, 4) is 0 Å². The van der Waals surface area contributed by atoms with Crippen LogP contribution in [0, 0.1) is 5.92 Å². The average Bonchev–Trinajstić information content (AvgIpc) is 2.81. The highest BCUT2D eigenvalue weighted by Crippen LogP contribution is 2.12. The molecule has 0 heterocycles. The summed E-state index contributed by atoms with van der Waals surface area (Å²) in [6.45, 7) is 3.56. The van der Waals surface area contributed by atoms with E-state index in [0.717, 1.165) is 17.0 Å². The maximum atomic E-state index is 12.9. The number of nitrogens with one attached hydrogen (secondary N) is 2. The zero-order valence-electron chi connectivity index (χ0n) is 18.5. The normalized spacial score (nSPS) is 14.2. The number of carbonyl (C=O) groups is 3. The molecule has 0 radical (unpaired) electrons. The van der Waals surface area contributed by atoms with Gasteiger partial charge in [-0.05, 0) is 23.6 Å². The van der Waals surface area contributed by atoms with Gasteiger partial charge in [-0.1, -0.05) is 68.8 Å². The maximum absolute atomic E-state index is 12.9. The Labute approximate surface area is 193 Å². The Bertz CT molecular complexity index is 1080. The monoisotopic (exact) mass is 472 g/mol. The van der Waals surface area contributed by atoms with Crippen LogP contribution in [0.15, 0.2) is 77.0 Å². The van der Waals surface area contributed by atoms with Gasteiger partial charge in [0.05, 0.1) is 4.90 Å². The summed E-state index contributed by atoms with van der Waals surface area (Å²) >= 11 is 0. The lowest BCUT2D eigenvalue weighted by Crippen LogP contribution is -2.54. The molecule has 0 aliphatic carbocycles. The first-order chi connectivity index (χ1) is 15.6. The summed E-state index contributed by atoms with van der Waals surface area (Å²) in [6.07, 6.45) is 1.46. The second-order valence-corrected chi connectivity index (χ2v) is 9.46. The van der Waals surface area contributed by atoms with Gasteiger partial charge >= 0.3 is 5.97 Å². The molecule has 0 saturated heterocycles. The van der Waals surface area contributed by atoms with Crippen LogP contribution >= 0.6 is 0 Å². The highest BCUT2D eigenvalue weighted by molar-refractivity contribution is 7.94. The van der Waals surface area contributed by atoms with E-state index in [1.165, 1.54) is 12.1 Å². The minimum atomic E-state index is -3.82. The van der Waals surface area contributed by atoms with E-state index in [9.17, 15) is 27.9 Å².